The number of carbonyl (C=O) groups excluding carboxylic acids is 1. The molecule has 100 valence electrons. The second kappa shape index (κ2) is 4.26. The highest BCUT2D eigenvalue weighted by Gasteiger charge is 2.27. The number of aromatic hydroxyl groups is 1. The number of hydrogen-bond donors (Lipinski definition) is 2. The summed E-state index contributed by atoms with van der Waals surface area (Å²) < 4.78 is 1.11. The van der Waals surface area contributed by atoms with E-state index < -0.39 is 0 Å². The van der Waals surface area contributed by atoms with E-state index in [-0.39, 0.29) is 29.0 Å². The number of nitrogens with two attached hydrogens (primary N) is 1. The van der Waals surface area contributed by atoms with Crippen molar-refractivity contribution >= 4 is 34.6 Å². The fourth-order valence-electron chi connectivity index (χ4n) is 1.74. The van der Waals surface area contributed by atoms with Crippen LogP contribution in [0.1, 0.15) is 11.7 Å². The summed E-state index contributed by atoms with van der Waals surface area (Å²) in [5.74, 6) is 0.193. The second-order valence-electron chi connectivity index (χ2n) is 4.19. The van der Waals surface area contributed by atoms with Crippen LogP contribution in [0.15, 0.2) is 39.5 Å². The molecule has 0 atom stereocenters. The Morgan fingerprint density at radius 2 is 1.95 bits per heavy atom. The van der Waals surface area contributed by atoms with Crippen LogP contribution in [0.25, 0.3) is 0 Å². The monoisotopic (exact) mass is 270 g/mol. The highest BCUT2D eigenvalue weighted by Crippen LogP contribution is 2.37. The maximum atomic E-state index is 11.7. The van der Waals surface area contributed by atoms with Crippen molar-refractivity contribution in [2.45, 2.75) is 6.92 Å². The number of aromatic nitrogens is 2. The Balaban J connectivity index is 1.98. The standard InChI is InChI=1S/C12H10N6O2/c1-6-12(20)18-11(14-6)9(10(13)17-18)16-15-7-2-4-8(19)5-3-7/h2-5,19H,1H3,(H2,13,17). The number of azo groups is 1. The fraction of sp³-hybridized carbons (Fsp3) is 0.0833. The van der Waals surface area contributed by atoms with Gasteiger partial charge in [0.15, 0.2) is 17.3 Å². The van der Waals surface area contributed by atoms with E-state index in [0.29, 0.717) is 11.4 Å². The quantitative estimate of drug-likeness (QED) is 0.814. The summed E-state index contributed by atoms with van der Waals surface area (Å²) in [7, 11) is 0. The third-order valence-electron chi connectivity index (χ3n) is 2.75. The smallest absolute Gasteiger partial charge is 0.294 e. The molecule has 0 amide bonds. The molecule has 0 unspecified atom stereocenters. The normalized spacial score (nSPS) is 13.8. The van der Waals surface area contributed by atoms with Gasteiger partial charge < -0.3 is 10.8 Å². The number of carbonyl (C=O) groups is 1. The molecule has 8 heteroatoms. The molecule has 0 bridgehead atoms. The Morgan fingerprint density at radius 1 is 1.25 bits per heavy atom. The molecular formula is C12H10N6O2. The lowest BCUT2D eigenvalue weighted by Gasteiger charge is -1.93. The van der Waals surface area contributed by atoms with Crippen LogP contribution in [-0.4, -0.2) is 26.5 Å². The minimum Gasteiger partial charge on any atom is -0.508 e. The van der Waals surface area contributed by atoms with Crippen molar-refractivity contribution < 1.29 is 9.90 Å². The summed E-state index contributed by atoms with van der Waals surface area (Å²) in [6, 6.07) is 6.18. The summed E-state index contributed by atoms with van der Waals surface area (Å²) in [4.78, 5) is 15.8. The number of hydrogen-bond acceptors (Lipinski definition) is 7. The van der Waals surface area contributed by atoms with Crippen molar-refractivity contribution in [3.05, 3.63) is 24.3 Å². The van der Waals surface area contributed by atoms with Crippen molar-refractivity contribution in [1.82, 2.24) is 9.78 Å². The van der Waals surface area contributed by atoms with Crippen LogP contribution in [-0.2, 0) is 0 Å². The van der Waals surface area contributed by atoms with Gasteiger partial charge in [-0.15, -0.1) is 10.2 Å². The Hall–Kier alpha value is -3.03. The maximum Gasteiger partial charge on any atom is 0.294 e. The van der Waals surface area contributed by atoms with Crippen LogP contribution < -0.4 is 5.73 Å². The first-order valence-electron chi connectivity index (χ1n) is 5.75. The molecule has 3 rings (SSSR count). The van der Waals surface area contributed by atoms with Gasteiger partial charge in [-0.3, -0.25) is 4.79 Å². The van der Waals surface area contributed by atoms with Crippen molar-refractivity contribution in [3.8, 4) is 5.75 Å². The van der Waals surface area contributed by atoms with Crippen molar-refractivity contribution in [2.24, 2.45) is 15.2 Å². The summed E-state index contributed by atoms with van der Waals surface area (Å²) in [6.07, 6.45) is 0. The zero-order chi connectivity index (χ0) is 14.3. The van der Waals surface area contributed by atoms with Gasteiger partial charge in [0.25, 0.3) is 5.91 Å². The number of benzene rings is 1. The van der Waals surface area contributed by atoms with Crippen LogP contribution in [0.5, 0.6) is 5.75 Å². The molecular weight excluding hydrogens is 260 g/mol. The fourth-order valence-corrected chi connectivity index (χ4v) is 1.74. The number of fused-ring (bicyclic) bond motifs is 1. The SMILES string of the molecule is CC1=Nc2c(N=Nc3ccc(O)cc3)c(N)nn2C1=O. The highest BCUT2D eigenvalue weighted by atomic mass is 16.3. The van der Waals surface area contributed by atoms with E-state index in [1.807, 2.05) is 0 Å². The van der Waals surface area contributed by atoms with E-state index >= 15 is 0 Å². The molecule has 3 N–H and O–H groups in total. The van der Waals surface area contributed by atoms with Crippen LogP contribution in [0.3, 0.4) is 0 Å². The van der Waals surface area contributed by atoms with Gasteiger partial charge in [-0.25, -0.2) is 4.99 Å². The van der Waals surface area contributed by atoms with Gasteiger partial charge in [0, 0.05) is 0 Å². The summed E-state index contributed by atoms with van der Waals surface area (Å²) >= 11 is 0. The topological polar surface area (TPSA) is 118 Å². The summed E-state index contributed by atoms with van der Waals surface area (Å²) in [5, 5.41) is 21.0. The number of nitrogen functional groups attached to an aromatic ring is 1. The number of nitrogens with zero attached hydrogens (tertiary/aromatic N) is 5. The first-order valence-corrected chi connectivity index (χ1v) is 5.75. The van der Waals surface area contributed by atoms with E-state index in [1.54, 1.807) is 19.1 Å². The number of rotatable bonds is 2. The molecule has 0 saturated heterocycles. The van der Waals surface area contributed by atoms with Gasteiger partial charge in [-0.1, -0.05) is 0 Å². The molecule has 0 radical (unpaired) electrons. The molecule has 1 aliphatic heterocycles. The van der Waals surface area contributed by atoms with Gasteiger partial charge in [0.2, 0.25) is 0 Å². The number of anilines is 1. The van der Waals surface area contributed by atoms with Gasteiger partial charge >= 0.3 is 0 Å². The van der Waals surface area contributed by atoms with E-state index in [1.165, 1.54) is 12.1 Å². The lowest BCUT2D eigenvalue weighted by Crippen LogP contribution is -2.14. The molecule has 1 aliphatic rings. The van der Waals surface area contributed by atoms with E-state index in [0.717, 1.165) is 4.68 Å². The highest BCUT2D eigenvalue weighted by molar-refractivity contribution is 6.41. The zero-order valence-corrected chi connectivity index (χ0v) is 10.5. The van der Waals surface area contributed by atoms with E-state index in [2.05, 4.69) is 20.3 Å². The van der Waals surface area contributed by atoms with Crippen molar-refractivity contribution in [2.75, 3.05) is 5.73 Å². The molecule has 0 saturated carbocycles. The van der Waals surface area contributed by atoms with Crippen LogP contribution in [0, 0.1) is 0 Å². The van der Waals surface area contributed by atoms with Crippen LogP contribution >= 0.6 is 0 Å². The lowest BCUT2D eigenvalue weighted by atomic mass is 10.3. The van der Waals surface area contributed by atoms with Gasteiger partial charge in [-0.2, -0.15) is 9.80 Å². The van der Waals surface area contributed by atoms with Crippen molar-refractivity contribution in [1.29, 1.82) is 0 Å². The molecule has 2 aromatic rings. The molecule has 8 nitrogen and oxygen atoms in total. The Morgan fingerprint density at radius 3 is 2.65 bits per heavy atom. The minimum atomic E-state index is -0.321. The molecule has 20 heavy (non-hydrogen) atoms. The maximum absolute atomic E-state index is 11.7. The third kappa shape index (κ3) is 1.83. The number of aliphatic imine (C=N–C) groups is 1. The lowest BCUT2D eigenvalue weighted by molar-refractivity contribution is 0.0984. The van der Waals surface area contributed by atoms with Crippen LogP contribution in [0.4, 0.5) is 23.0 Å². The number of phenols is 1. The Labute approximate surface area is 113 Å². The second-order valence-corrected chi connectivity index (χ2v) is 4.19. The molecule has 0 aliphatic carbocycles. The first-order chi connectivity index (χ1) is 9.56. The number of phenolic OH excluding ortho intramolecular Hbond substituents is 1. The van der Waals surface area contributed by atoms with Crippen molar-refractivity contribution in [3.63, 3.8) is 0 Å². The summed E-state index contributed by atoms with van der Waals surface area (Å²) in [5.41, 5.74) is 6.82. The predicted octanol–water partition coefficient (Wildman–Crippen LogP) is 2.33. The molecule has 1 aromatic heterocycles. The summed E-state index contributed by atoms with van der Waals surface area (Å²) in [6.45, 7) is 1.59. The Bertz CT molecular complexity index is 757. The van der Waals surface area contributed by atoms with Gasteiger partial charge in [-0.05, 0) is 31.2 Å². The zero-order valence-electron chi connectivity index (χ0n) is 10.5. The Kier molecular flexibility index (Phi) is 2.56. The third-order valence-corrected chi connectivity index (χ3v) is 2.75. The van der Waals surface area contributed by atoms with Crippen LogP contribution in [0.2, 0.25) is 0 Å². The average molecular weight is 270 g/mol. The first kappa shape index (κ1) is 12.0. The predicted molar refractivity (Wildman–Crippen MR) is 72.3 cm³/mol. The molecule has 1 aromatic carbocycles. The minimum absolute atomic E-state index is 0.0899. The van der Waals surface area contributed by atoms with Gasteiger partial charge in [0.05, 0.1) is 5.69 Å². The van der Waals surface area contributed by atoms with E-state index in [4.69, 9.17) is 5.73 Å². The molecule has 0 fully saturated rings. The van der Waals surface area contributed by atoms with Gasteiger partial charge in [0.1, 0.15) is 11.5 Å². The molecule has 2 heterocycles. The molecule has 0 spiro atoms. The van der Waals surface area contributed by atoms with E-state index in [9.17, 15) is 9.90 Å². The largest absolute Gasteiger partial charge is 0.508 e. The average Bonchev–Trinajstić information content (AvgIpc) is 2.87.